The van der Waals surface area contributed by atoms with E-state index in [0.717, 1.165) is 55.0 Å². The average Bonchev–Trinajstić information content (AvgIpc) is 3.97. The van der Waals surface area contributed by atoms with Gasteiger partial charge in [-0.15, -0.1) is 0 Å². The van der Waals surface area contributed by atoms with Crippen LogP contribution in [0, 0.1) is 0 Å². The molecule has 0 bridgehead atoms. The van der Waals surface area contributed by atoms with Crippen LogP contribution in [0.5, 0.6) is 0 Å². The van der Waals surface area contributed by atoms with E-state index in [2.05, 4.69) is 205 Å². The lowest BCUT2D eigenvalue weighted by atomic mass is 9.82. The Kier molecular flexibility index (Phi) is 7.39. The van der Waals surface area contributed by atoms with E-state index in [9.17, 15) is 0 Å². The van der Waals surface area contributed by atoms with Crippen molar-refractivity contribution < 1.29 is 0 Å². The zero-order chi connectivity index (χ0) is 43.0. The Morgan fingerprint density at radius 2 is 0.908 bits per heavy atom. The van der Waals surface area contributed by atoms with Crippen LogP contribution in [-0.2, 0) is 5.41 Å². The van der Waals surface area contributed by atoms with E-state index in [4.69, 9.17) is 15.0 Å². The summed E-state index contributed by atoms with van der Waals surface area (Å²) in [6, 6.07) is 72.4. The Labute approximate surface area is 374 Å². The van der Waals surface area contributed by atoms with Crippen LogP contribution in [0.3, 0.4) is 0 Å². The van der Waals surface area contributed by atoms with Crippen molar-refractivity contribution in [3.63, 3.8) is 0 Å². The molecule has 0 spiro atoms. The van der Waals surface area contributed by atoms with Gasteiger partial charge in [-0.1, -0.05) is 178 Å². The highest BCUT2D eigenvalue weighted by atomic mass is 15.2. The molecule has 1 aliphatic rings. The molecule has 0 saturated carbocycles. The summed E-state index contributed by atoms with van der Waals surface area (Å²) in [4.78, 5) is 16.1. The summed E-state index contributed by atoms with van der Waals surface area (Å²) in [6.45, 7) is 4.63. The summed E-state index contributed by atoms with van der Waals surface area (Å²) in [5.74, 6) is 1.85. The van der Waals surface area contributed by atoms with Crippen LogP contribution < -0.4 is 0 Å². The van der Waals surface area contributed by atoms with Gasteiger partial charge in [0.05, 0.1) is 22.1 Å². The standard InChI is InChI=1S/C60H39N5/c1-60(2)50-25-13-10-22-44(50)45-30-28-37(34-51(45)60)58-61-57(36-16-4-3-5-17-36)62-59(63-58)65-52-26-14-11-23-46(52)47-32-33-54-55(56(47)65)48-24-12-15-27-53(48)64(54)38-29-31-43-41-20-7-6-18-39(41)40-19-8-9-21-42(40)49(43)35-38/h3-35H,1-2H3. The van der Waals surface area contributed by atoms with Gasteiger partial charge in [0.25, 0.3) is 0 Å². The molecule has 0 saturated heterocycles. The molecule has 13 aromatic rings. The van der Waals surface area contributed by atoms with Gasteiger partial charge in [0, 0.05) is 43.8 Å². The fourth-order valence-corrected chi connectivity index (χ4v) is 11.2. The lowest BCUT2D eigenvalue weighted by Gasteiger charge is -2.21. The SMILES string of the molecule is CC1(C)c2ccccc2-c2ccc(-c3nc(-c4ccccc4)nc(-n4c5ccccc5c5ccc6c(c7ccccc7n6-c6ccc7c8ccccc8c8ccccc8c7c6)c54)n3)cc21. The topological polar surface area (TPSA) is 48.5 Å². The molecule has 0 unspecified atom stereocenters. The number of nitrogens with zero attached hydrogens (tertiary/aromatic N) is 5. The predicted octanol–water partition coefficient (Wildman–Crippen LogP) is 15.2. The van der Waals surface area contributed by atoms with Crippen LogP contribution >= 0.6 is 0 Å². The van der Waals surface area contributed by atoms with E-state index in [-0.39, 0.29) is 5.41 Å². The molecule has 0 atom stereocenters. The van der Waals surface area contributed by atoms with Crippen LogP contribution in [-0.4, -0.2) is 24.1 Å². The van der Waals surface area contributed by atoms with E-state index in [1.165, 1.54) is 60.0 Å². The summed E-state index contributed by atoms with van der Waals surface area (Å²) in [5.41, 5.74) is 12.4. The van der Waals surface area contributed by atoms with Gasteiger partial charge in [0.15, 0.2) is 11.6 Å². The lowest BCUT2D eigenvalue weighted by molar-refractivity contribution is 0.660. The highest BCUT2D eigenvalue weighted by Gasteiger charge is 2.35. The minimum atomic E-state index is -0.168. The number of fused-ring (bicyclic) bond motifs is 16. The molecule has 3 heterocycles. The van der Waals surface area contributed by atoms with Crippen molar-refractivity contribution in [2.45, 2.75) is 19.3 Å². The van der Waals surface area contributed by atoms with Crippen LogP contribution in [0.1, 0.15) is 25.0 Å². The number of para-hydroxylation sites is 2. The minimum Gasteiger partial charge on any atom is -0.309 e. The number of benzene rings is 10. The predicted molar refractivity (Wildman–Crippen MR) is 269 cm³/mol. The van der Waals surface area contributed by atoms with Crippen LogP contribution in [0.25, 0.3) is 121 Å². The fourth-order valence-electron chi connectivity index (χ4n) is 11.2. The second-order valence-electron chi connectivity index (χ2n) is 18.0. The molecule has 0 amide bonds. The molecule has 5 heteroatoms. The summed E-state index contributed by atoms with van der Waals surface area (Å²) < 4.78 is 4.72. The third kappa shape index (κ3) is 5.06. The van der Waals surface area contributed by atoms with Crippen molar-refractivity contribution in [2.75, 3.05) is 0 Å². The second kappa shape index (κ2) is 13.3. The molecule has 1 aliphatic carbocycles. The molecule has 0 fully saturated rings. The molecular weight excluding hydrogens is 791 g/mol. The fraction of sp³-hybridized carbons (Fsp3) is 0.0500. The summed E-state index contributed by atoms with van der Waals surface area (Å²) in [7, 11) is 0. The molecule has 10 aromatic carbocycles. The molecule has 304 valence electrons. The first-order valence-corrected chi connectivity index (χ1v) is 22.4. The quantitative estimate of drug-likeness (QED) is 0.166. The van der Waals surface area contributed by atoms with Crippen molar-refractivity contribution >= 4 is 75.9 Å². The average molecular weight is 830 g/mol. The maximum absolute atomic E-state index is 5.47. The lowest BCUT2D eigenvalue weighted by Crippen LogP contribution is -2.15. The van der Waals surface area contributed by atoms with Crippen molar-refractivity contribution in [3.8, 4) is 45.5 Å². The Hall–Kier alpha value is -8.41. The van der Waals surface area contributed by atoms with Crippen LogP contribution in [0.2, 0.25) is 0 Å². The Morgan fingerprint density at radius 3 is 1.65 bits per heavy atom. The zero-order valence-electron chi connectivity index (χ0n) is 35.8. The smallest absolute Gasteiger partial charge is 0.238 e. The van der Waals surface area contributed by atoms with Gasteiger partial charge in [-0.25, -0.2) is 4.98 Å². The normalized spacial score (nSPS) is 13.2. The highest BCUT2D eigenvalue weighted by Crippen LogP contribution is 2.50. The molecule has 0 aliphatic heterocycles. The van der Waals surface area contributed by atoms with Gasteiger partial charge in [0.2, 0.25) is 5.95 Å². The molecule has 65 heavy (non-hydrogen) atoms. The number of aromatic nitrogens is 5. The van der Waals surface area contributed by atoms with Crippen LogP contribution in [0.4, 0.5) is 0 Å². The van der Waals surface area contributed by atoms with Gasteiger partial charge in [-0.3, -0.25) is 4.57 Å². The summed E-state index contributed by atoms with van der Waals surface area (Å²) in [6.07, 6.45) is 0. The largest absolute Gasteiger partial charge is 0.309 e. The van der Waals surface area contributed by atoms with Gasteiger partial charge in [-0.2, -0.15) is 9.97 Å². The third-order valence-corrected chi connectivity index (χ3v) is 14.2. The minimum absolute atomic E-state index is 0.168. The van der Waals surface area contributed by atoms with Crippen molar-refractivity contribution in [2.24, 2.45) is 0 Å². The maximum atomic E-state index is 5.47. The summed E-state index contributed by atoms with van der Waals surface area (Å²) in [5, 5.41) is 12.2. The van der Waals surface area contributed by atoms with Crippen molar-refractivity contribution in [1.29, 1.82) is 0 Å². The number of hydrogen-bond donors (Lipinski definition) is 0. The Balaban J connectivity index is 1.06. The molecule has 0 radical (unpaired) electrons. The number of hydrogen-bond acceptors (Lipinski definition) is 3. The monoisotopic (exact) mass is 829 g/mol. The van der Waals surface area contributed by atoms with Crippen LogP contribution in [0.15, 0.2) is 200 Å². The molecule has 5 nitrogen and oxygen atoms in total. The molecular formula is C60H39N5. The number of rotatable bonds is 4. The van der Waals surface area contributed by atoms with Crippen molar-refractivity contribution in [3.05, 3.63) is 211 Å². The molecule has 3 aromatic heterocycles. The van der Waals surface area contributed by atoms with Crippen molar-refractivity contribution in [1.82, 2.24) is 24.1 Å². The van der Waals surface area contributed by atoms with Gasteiger partial charge in [-0.05, 0) is 91.0 Å². The summed E-state index contributed by atoms with van der Waals surface area (Å²) >= 11 is 0. The van der Waals surface area contributed by atoms with E-state index in [1.54, 1.807) is 0 Å². The highest BCUT2D eigenvalue weighted by molar-refractivity contribution is 6.27. The third-order valence-electron chi connectivity index (χ3n) is 14.2. The van der Waals surface area contributed by atoms with Gasteiger partial charge >= 0.3 is 0 Å². The Morgan fingerprint density at radius 1 is 0.354 bits per heavy atom. The molecule has 0 N–H and O–H groups in total. The van der Waals surface area contributed by atoms with Gasteiger partial charge in [0.1, 0.15) is 0 Å². The first-order chi connectivity index (χ1) is 32.0. The first kappa shape index (κ1) is 36.1. The van der Waals surface area contributed by atoms with Gasteiger partial charge < -0.3 is 4.57 Å². The van der Waals surface area contributed by atoms with E-state index >= 15 is 0 Å². The maximum Gasteiger partial charge on any atom is 0.238 e. The zero-order valence-corrected chi connectivity index (χ0v) is 35.8. The first-order valence-electron chi connectivity index (χ1n) is 22.4. The second-order valence-corrected chi connectivity index (χ2v) is 18.0. The van der Waals surface area contributed by atoms with E-state index in [0.29, 0.717) is 17.6 Å². The van der Waals surface area contributed by atoms with E-state index < -0.39 is 0 Å². The Bertz CT molecular complexity index is 4120. The van der Waals surface area contributed by atoms with E-state index in [1.807, 2.05) is 18.2 Å². The molecule has 14 rings (SSSR count).